The molecular weight excluding hydrogens is 339 g/mol. The Morgan fingerprint density at radius 1 is 1.29 bits per heavy atom. The van der Waals surface area contributed by atoms with E-state index in [2.05, 4.69) is 21.2 Å². The lowest BCUT2D eigenvalue weighted by atomic mass is 10.1. The number of nitro benzene ring substituents is 1. The van der Waals surface area contributed by atoms with Gasteiger partial charge in [-0.05, 0) is 59.1 Å². The van der Waals surface area contributed by atoms with Gasteiger partial charge >= 0.3 is 0 Å². The third kappa shape index (κ3) is 3.58. The average molecular weight is 353 g/mol. The number of nitrogens with one attached hydrogen (secondary N) is 1. The lowest BCUT2D eigenvalue weighted by Crippen LogP contribution is -2.07. The molecule has 2 aromatic carbocycles. The predicted molar refractivity (Wildman–Crippen MR) is 84.0 cm³/mol. The second-order valence-electron chi connectivity index (χ2n) is 4.80. The van der Waals surface area contributed by atoms with Crippen molar-refractivity contribution in [3.8, 4) is 0 Å². The Morgan fingerprint density at radius 3 is 2.62 bits per heavy atom. The number of nitro groups is 1. The van der Waals surface area contributed by atoms with E-state index < -0.39 is 4.92 Å². The molecule has 2 rings (SSSR count). The van der Waals surface area contributed by atoms with Gasteiger partial charge in [-0.2, -0.15) is 0 Å². The highest BCUT2D eigenvalue weighted by molar-refractivity contribution is 9.10. The highest BCUT2D eigenvalue weighted by Gasteiger charge is 2.14. The smallest absolute Gasteiger partial charge is 0.285 e. The first-order chi connectivity index (χ1) is 9.88. The molecule has 6 heteroatoms. The predicted octanol–water partition coefficient (Wildman–Crippen LogP) is 4.98. The monoisotopic (exact) mass is 352 g/mol. The number of rotatable bonds is 4. The second-order valence-corrected chi connectivity index (χ2v) is 5.65. The van der Waals surface area contributed by atoms with Crippen LogP contribution >= 0.6 is 15.9 Å². The van der Waals surface area contributed by atoms with E-state index in [0.717, 1.165) is 5.56 Å². The van der Waals surface area contributed by atoms with Crippen molar-refractivity contribution in [2.24, 2.45) is 0 Å². The lowest BCUT2D eigenvalue weighted by Gasteiger charge is -2.16. The Bertz CT molecular complexity index is 691. The first-order valence-electron chi connectivity index (χ1n) is 6.35. The van der Waals surface area contributed by atoms with Gasteiger partial charge in [-0.1, -0.05) is 12.1 Å². The van der Waals surface area contributed by atoms with Crippen molar-refractivity contribution >= 4 is 27.3 Å². The van der Waals surface area contributed by atoms with Gasteiger partial charge in [-0.25, -0.2) is 4.39 Å². The molecule has 0 amide bonds. The molecule has 1 N–H and O–H groups in total. The molecule has 1 unspecified atom stereocenters. The van der Waals surface area contributed by atoms with Crippen LogP contribution in [0.3, 0.4) is 0 Å². The summed E-state index contributed by atoms with van der Waals surface area (Å²) in [7, 11) is 0. The Kier molecular flexibility index (Phi) is 4.57. The molecule has 0 saturated heterocycles. The van der Waals surface area contributed by atoms with Gasteiger partial charge in [0.25, 0.3) is 5.69 Å². The quantitative estimate of drug-likeness (QED) is 0.623. The molecule has 1 atom stereocenters. The minimum atomic E-state index is -0.453. The third-order valence-corrected chi connectivity index (χ3v) is 3.89. The van der Waals surface area contributed by atoms with E-state index >= 15 is 0 Å². The van der Waals surface area contributed by atoms with Gasteiger partial charge in [-0.15, -0.1) is 0 Å². The maximum absolute atomic E-state index is 13.6. The number of aryl methyl sites for hydroxylation is 1. The van der Waals surface area contributed by atoms with E-state index in [0.29, 0.717) is 15.7 Å². The van der Waals surface area contributed by atoms with Crippen molar-refractivity contribution in [3.05, 3.63) is 67.9 Å². The first kappa shape index (κ1) is 15.4. The van der Waals surface area contributed by atoms with Crippen LogP contribution in [0.2, 0.25) is 0 Å². The van der Waals surface area contributed by atoms with Gasteiger partial charge in [0.15, 0.2) is 0 Å². The fourth-order valence-corrected chi connectivity index (χ4v) is 2.35. The Morgan fingerprint density at radius 2 is 2.00 bits per heavy atom. The van der Waals surface area contributed by atoms with Crippen LogP contribution in [0, 0.1) is 22.9 Å². The summed E-state index contributed by atoms with van der Waals surface area (Å²) in [5.41, 5.74) is 1.97. The normalized spacial score (nSPS) is 12.0. The lowest BCUT2D eigenvalue weighted by molar-refractivity contribution is -0.385. The minimum Gasteiger partial charge on any atom is -0.378 e. The molecule has 0 aliphatic heterocycles. The van der Waals surface area contributed by atoms with Gasteiger partial charge in [0, 0.05) is 17.8 Å². The summed E-state index contributed by atoms with van der Waals surface area (Å²) in [6, 6.07) is 9.66. The van der Waals surface area contributed by atoms with Crippen LogP contribution < -0.4 is 5.32 Å². The maximum atomic E-state index is 13.6. The number of benzene rings is 2. The summed E-state index contributed by atoms with van der Waals surface area (Å²) in [5, 5.41) is 14.0. The van der Waals surface area contributed by atoms with Crippen molar-refractivity contribution in [3.63, 3.8) is 0 Å². The van der Waals surface area contributed by atoms with Gasteiger partial charge < -0.3 is 5.32 Å². The number of anilines is 1. The standard InChI is InChI=1S/C15H14BrFN2O2/c1-9-3-4-11(7-14(9)17)10(2)18-12-5-6-13(16)15(8-12)19(20)21/h3-8,10,18H,1-2H3. The molecule has 21 heavy (non-hydrogen) atoms. The largest absolute Gasteiger partial charge is 0.378 e. The molecule has 0 bridgehead atoms. The summed E-state index contributed by atoms with van der Waals surface area (Å²) in [4.78, 5) is 10.5. The molecule has 0 radical (unpaired) electrons. The zero-order valence-electron chi connectivity index (χ0n) is 11.6. The van der Waals surface area contributed by atoms with Crippen LogP contribution in [0.1, 0.15) is 24.1 Å². The van der Waals surface area contributed by atoms with Gasteiger partial charge in [-0.3, -0.25) is 10.1 Å². The number of hydrogen-bond acceptors (Lipinski definition) is 3. The zero-order valence-corrected chi connectivity index (χ0v) is 13.1. The van der Waals surface area contributed by atoms with Crippen molar-refractivity contribution in [1.82, 2.24) is 0 Å². The van der Waals surface area contributed by atoms with Crippen LogP contribution in [0.4, 0.5) is 15.8 Å². The minimum absolute atomic E-state index is 0.0118. The van der Waals surface area contributed by atoms with Crippen molar-refractivity contribution in [2.75, 3.05) is 5.32 Å². The summed E-state index contributed by atoms with van der Waals surface area (Å²) in [6.45, 7) is 3.58. The Balaban J connectivity index is 2.23. The van der Waals surface area contributed by atoms with Crippen LogP contribution in [0.25, 0.3) is 0 Å². The SMILES string of the molecule is Cc1ccc(C(C)Nc2ccc(Br)c([N+](=O)[O-])c2)cc1F. The number of halogens is 2. The van der Waals surface area contributed by atoms with Gasteiger partial charge in [0.2, 0.25) is 0 Å². The Labute approximate surface area is 130 Å². The van der Waals surface area contributed by atoms with Crippen LogP contribution in [-0.4, -0.2) is 4.92 Å². The molecular formula is C15H14BrFN2O2. The molecule has 0 fully saturated rings. The molecule has 0 spiro atoms. The van der Waals surface area contributed by atoms with Crippen LogP contribution in [-0.2, 0) is 0 Å². The van der Waals surface area contributed by atoms with E-state index in [1.165, 1.54) is 12.1 Å². The number of hydrogen-bond donors (Lipinski definition) is 1. The highest BCUT2D eigenvalue weighted by atomic mass is 79.9. The zero-order chi connectivity index (χ0) is 15.6. The maximum Gasteiger partial charge on any atom is 0.285 e. The second kappa shape index (κ2) is 6.22. The fraction of sp³-hybridized carbons (Fsp3) is 0.200. The van der Waals surface area contributed by atoms with Gasteiger partial charge in [0.05, 0.1) is 9.40 Å². The highest BCUT2D eigenvalue weighted by Crippen LogP contribution is 2.29. The summed E-state index contributed by atoms with van der Waals surface area (Å²) < 4.78 is 14.0. The molecule has 0 heterocycles. The van der Waals surface area contributed by atoms with E-state index in [1.54, 1.807) is 25.1 Å². The van der Waals surface area contributed by atoms with Crippen molar-refractivity contribution in [1.29, 1.82) is 0 Å². The fourth-order valence-electron chi connectivity index (χ4n) is 1.95. The number of nitrogens with zero attached hydrogens (tertiary/aromatic N) is 1. The van der Waals surface area contributed by atoms with Crippen molar-refractivity contribution < 1.29 is 9.31 Å². The molecule has 0 aromatic heterocycles. The molecule has 0 aliphatic rings. The van der Waals surface area contributed by atoms with Crippen LogP contribution in [0.15, 0.2) is 40.9 Å². The topological polar surface area (TPSA) is 55.2 Å². The molecule has 110 valence electrons. The molecule has 4 nitrogen and oxygen atoms in total. The summed E-state index contributed by atoms with van der Waals surface area (Å²) in [6.07, 6.45) is 0. The molecule has 2 aromatic rings. The molecule has 0 saturated carbocycles. The summed E-state index contributed by atoms with van der Waals surface area (Å²) in [5.74, 6) is -0.261. The Hall–Kier alpha value is -1.95. The summed E-state index contributed by atoms with van der Waals surface area (Å²) >= 11 is 3.14. The first-order valence-corrected chi connectivity index (χ1v) is 7.14. The molecule has 0 aliphatic carbocycles. The van der Waals surface area contributed by atoms with E-state index in [4.69, 9.17) is 0 Å². The van der Waals surface area contributed by atoms with E-state index in [9.17, 15) is 14.5 Å². The van der Waals surface area contributed by atoms with Crippen LogP contribution in [0.5, 0.6) is 0 Å². The third-order valence-electron chi connectivity index (χ3n) is 3.22. The van der Waals surface area contributed by atoms with Gasteiger partial charge in [0.1, 0.15) is 5.82 Å². The van der Waals surface area contributed by atoms with E-state index in [-0.39, 0.29) is 17.5 Å². The van der Waals surface area contributed by atoms with E-state index in [1.807, 2.05) is 13.0 Å². The van der Waals surface area contributed by atoms with Crippen molar-refractivity contribution in [2.45, 2.75) is 19.9 Å². The average Bonchev–Trinajstić information content (AvgIpc) is 2.43.